The van der Waals surface area contributed by atoms with Gasteiger partial charge >= 0.3 is 11.9 Å². The summed E-state index contributed by atoms with van der Waals surface area (Å²) in [5.74, 6) is -0.878. The van der Waals surface area contributed by atoms with E-state index in [1.807, 2.05) is 19.1 Å². The van der Waals surface area contributed by atoms with Crippen LogP contribution in [0.25, 0.3) is 0 Å². The van der Waals surface area contributed by atoms with Crippen molar-refractivity contribution in [1.29, 1.82) is 0 Å². The number of esters is 2. The highest BCUT2D eigenvalue weighted by atomic mass is 35.5. The third kappa shape index (κ3) is 4.33. The Hall–Kier alpha value is -3.18. The highest BCUT2D eigenvalue weighted by Gasteiger charge is 2.21. The zero-order chi connectivity index (χ0) is 19.4. The fraction of sp³-hybridized carbons (Fsp3) is 0.0952. The Balaban J connectivity index is 1.89. The molecule has 0 spiro atoms. The Labute approximate surface area is 161 Å². The largest absolute Gasteiger partial charge is 0.422 e. The van der Waals surface area contributed by atoms with E-state index in [1.165, 1.54) is 18.5 Å². The molecule has 0 aliphatic heterocycles. The normalized spacial score (nSPS) is 10.3. The average molecular weight is 382 g/mol. The number of aromatic nitrogens is 1. The van der Waals surface area contributed by atoms with Crippen LogP contribution in [-0.2, 0) is 0 Å². The molecule has 5 nitrogen and oxygen atoms in total. The maximum Gasteiger partial charge on any atom is 0.347 e. The quantitative estimate of drug-likeness (QED) is 0.480. The van der Waals surface area contributed by atoms with Crippen LogP contribution < -0.4 is 9.47 Å². The van der Waals surface area contributed by atoms with Crippen LogP contribution in [0, 0.1) is 13.8 Å². The number of hydrogen-bond acceptors (Lipinski definition) is 5. The van der Waals surface area contributed by atoms with Crippen molar-refractivity contribution in [2.45, 2.75) is 13.8 Å². The first-order valence-corrected chi connectivity index (χ1v) is 8.53. The molecule has 0 fully saturated rings. The molecule has 0 radical (unpaired) electrons. The van der Waals surface area contributed by atoms with Crippen LogP contribution in [0.4, 0.5) is 0 Å². The lowest BCUT2D eigenvalue weighted by Gasteiger charge is -2.13. The maximum atomic E-state index is 12.7. The molecule has 0 N–H and O–H groups in total. The first-order chi connectivity index (χ1) is 13.0. The van der Waals surface area contributed by atoms with Gasteiger partial charge in [-0.15, -0.1) is 0 Å². The lowest BCUT2D eigenvalue weighted by Crippen LogP contribution is -2.16. The lowest BCUT2D eigenvalue weighted by atomic mass is 10.1. The summed E-state index contributed by atoms with van der Waals surface area (Å²) in [4.78, 5) is 29.1. The number of hydrogen-bond donors (Lipinski definition) is 0. The topological polar surface area (TPSA) is 65.5 Å². The van der Waals surface area contributed by atoms with E-state index in [1.54, 1.807) is 37.3 Å². The predicted octanol–water partition coefficient (Wildman–Crippen LogP) is 4.79. The van der Waals surface area contributed by atoms with Gasteiger partial charge in [-0.1, -0.05) is 41.9 Å². The number of aryl methyl sites for hydroxylation is 2. The molecule has 1 aromatic heterocycles. The Morgan fingerprint density at radius 2 is 1.63 bits per heavy atom. The SMILES string of the molecule is Cc1ccccc1C(=O)Oc1cccc(C)c1C(=O)Oc1cncc(Cl)c1. The van der Waals surface area contributed by atoms with Gasteiger partial charge in [-0.05, 0) is 37.1 Å². The van der Waals surface area contributed by atoms with Gasteiger partial charge < -0.3 is 9.47 Å². The van der Waals surface area contributed by atoms with Crippen LogP contribution in [-0.4, -0.2) is 16.9 Å². The summed E-state index contributed by atoms with van der Waals surface area (Å²) < 4.78 is 10.8. The van der Waals surface area contributed by atoms with Gasteiger partial charge in [-0.2, -0.15) is 0 Å². The van der Waals surface area contributed by atoms with Crippen molar-refractivity contribution in [2.75, 3.05) is 0 Å². The minimum Gasteiger partial charge on any atom is -0.422 e. The minimum atomic E-state index is -0.662. The Bertz CT molecular complexity index is 1020. The van der Waals surface area contributed by atoms with Gasteiger partial charge in [0.2, 0.25) is 0 Å². The van der Waals surface area contributed by atoms with Crippen molar-refractivity contribution in [1.82, 2.24) is 4.98 Å². The first-order valence-electron chi connectivity index (χ1n) is 8.16. The van der Waals surface area contributed by atoms with Crippen molar-refractivity contribution >= 4 is 23.5 Å². The third-order valence-electron chi connectivity index (χ3n) is 3.90. The van der Waals surface area contributed by atoms with Crippen LogP contribution >= 0.6 is 11.6 Å². The van der Waals surface area contributed by atoms with Gasteiger partial charge in [-0.3, -0.25) is 4.98 Å². The molecular formula is C21H16ClNO4. The number of carbonyl (C=O) groups is 2. The number of benzene rings is 2. The molecule has 0 unspecified atom stereocenters. The molecule has 136 valence electrons. The molecule has 0 amide bonds. The fourth-order valence-corrected chi connectivity index (χ4v) is 2.71. The summed E-state index contributed by atoms with van der Waals surface area (Å²) in [6, 6.07) is 13.5. The highest BCUT2D eigenvalue weighted by molar-refractivity contribution is 6.30. The molecule has 0 atom stereocenters. The van der Waals surface area contributed by atoms with Crippen LogP contribution in [0.15, 0.2) is 60.9 Å². The monoisotopic (exact) mass is 381 g/mol. The van der Waals surface area contributed by atoms with Gasteiger partial charge in [0.1, 0.15) is 11.3 Å². The molecule has 0 saturated carbocycles. The van der Waals surface area contributed by atoms with Crippen LogP contribution in [0.5, 0.6) is 11.5 Å². The molecule has 2 aromatic carbocycles. The van der Waals surface area contributed by atoms with Crippen molar-refractivity contribution in [3.8, 4) is 11.5 Å². The number of rotatable bonds is 4. The second-order valence-electron chi connectivity index (χ2n) is 5.88. The number of halogens is 1. The Morgan fingerprint density at radius 3 is 2.37 bits per heavy atom. The number of ether oxygens (including phenoxy) is 2. The molecule has 0 aliphatic rings. The number of carbonyl (C=O) groups excluding carboxylic acids is 2. The zero-order valence-corrected chi connectivity index (χ0v) is 15.5. The van der Waals surface area contributed by atoms with Gasteiger partial charge in [-0.25, -0.2) is 9.59 Å². The summed E-state index contributed by atoms with van der Waals surface area (Å²) in [6.07, 6.45) is 2.81. The molecule has 3 aromatic rings. The van der Waals surface area contributed by atoms with E-state index in [0.717, 1.165) is 5.56 Å². The van der Waals surface area contributed by atoms with Crippen molar-refractivity contribution in [3.05, 3.63) is 88.2 Å². The second-order valence-corrected chi connectivity index (χ2v) is 6.32. The van der Waals surface area contributed by atoms with Crippen LogP contribution in [0.1, 0.15) is 31.8 Å². The zero-order valence-electron chi connectivity index (χ0n) is 14.7. The van der Waals surface area contributed by atoms with Crippen molar-refractivity contribution in [2.24, 2.45) is 0 Å². The van der Waals surface area contributed by atoms with Gasteiger partial charge in [0.05, 0.1) is 16.8 Å². The molecule has 27 heavy (non-hydrogen) atoms. The van der Waals surface area contributed by atoms with Crippen LogP contribution in [0.3, 0.4) is 0 Å². The number of pyridine rings is 1. The summed E-state index contributed by atoms with van der Waals surface area (Å²) in [5.41, 5.74) is 1.99. The molecule has 3 rings (SSSR count). The van der Waals surface area contributed by atoms with Gasteiger partial charge in [0, 0.05) is 12.3 Å². The van der Waals surface area contributed by atoms with E-state index in [2.05, 4.69) is 4.98 Å². The average Bonchev–Trinajstić information content (AvgIpc) is 2.62. The van der Waals surface area contributed by atoms with E-state index < -0.39 is 11.9 Å². The first kappa shape index (κ1) is 18.6. The lowest BCUT2D eigenvalue weighted by molar-refractivity contribution is 0.0706. The molecule has 0 saturated heterocycles. The van der Waals surface area contributed by atoms with E-state index in [-0.39, 0.29) is 17.1 Å². The second kappa shape index (κ2) is 8.01. The third-order valence-corrected chi connectivity index (χ3v) is 4.10. The van der Waals surface area contributed by atoms with Crippen molar-refractivity contribution in [3.63, 3.8) is 0 Å². The van der Waals surface area contributed by atoms with Gasteiger partial charge in [0.15, 0.2) is 5.75 Å². The fourth-order valence-electron chi connectivity index (χ4n) is 2.55. The van der Waals surface area contributed by atoms with Gasteiger partial charge in [0.25, 0.3) is 0 Å². The summed E-state index contributed by atoms with van der Waals surface area (Å²) in [6.45, 7) is 3.55. The van der Waals surface area contributed by atoms with E-state index in [9.17, 15) is 9.59 Å². The maximum absolute atomic E-state index is 12.7. The van der Waals surface area contributed by atoms with Crippen LogP contribution in [0.2, 0.25) is 5.02 Å². The molecule has 1 heterocycles. The smallest absolute Gasteiger partial charge is 0.347 e. The molecule has 6 heteroatoms. The molecule has 0 aliphatic carbocycles. The Kier molecular flexibility index (Phi) is 5.52. The highest BCUT2D eigenvalue weighted by Crippen LogP contribution is 2.26. The molecular weight excluding hydrogens is 366 g/mol. The van der Waals surface area contributed by atoms with Crippen molar-refractivity contribution < 1.29 is 19.1 Å². The predicted molar refractivity (Wildman–Crippen MR) is 102 cm³/mol. The Morgan fingerprint density at radius 1 is 0.889 bits per heavy atom. The summed E-state index contributed by atoms with van der Waals surface area (Å²) in [5, 5.41) is 0.344. The standard InChI is InChI=1S/C21H16ClNO4/c1-13-6-3-4-8-17(13)20(24)27-18-9-5-7-14(2)19(18)21(25)26-16-10-15(22)11-23-12-16/h3-12H,1-2H3. The summed E-state index contributed by atoms with van der Waals surface area (Å²) >= 11 is 5.87. The van der Waals surface area contributed by atoms with E-state index >= 15 is 0 Å². The van der Waals surface area contributed by atoms with E-state index in [0.29, 0.717) is 16.1 Å². The number of nitrogens with zero attached hydrogens (tertiary/aromatic N) is 1. The minimum absolute atomic E-state index is 0.128. The molecule has 0 bridgehead atoms. The summed E-state index contributed by atoms with van der Waals surface area (Å²) in [7, 11) is 0. The van der Waals surface area contributed by atoms with E-state index in [4.69, 9.17) is 21.1 Å².